The van der Waals surface area contributed by atoms with Crippen molar-refractivity contribution in [1.29, 1.82) is 0 Å². The minimum absolute atomic E-state index is 0.193. The van der Waals surface area contributed by atoms with Gasteiger partial charge in [-0.1, -0.05) is 42.5 Å². The van der Waals surface area contributed by atoms with Crippen LogP contribution in [0.25, 0.3) is 11.4 Å². The lowest BCUT2D eigenvalue weighted by atomic mass is 9.97. The quantitative estimate of drug-likeness (QED) is 0.615. The molecule has 0 radical (unpaired) electrons. The Balaban J connectivity index is 1.43. The second kappa shape index (κ2) is 9.16. The minimum Gasteiger partial charge on any atom is -0.497 e. The first-order valence-electron chi connectivity index (χ1n) is 10.6. The molecule has 5 heteroatoms. The summed E-state index contributed by atoms with van der Waals surface area (Å²) < 4.78 is 7.58. The number of rotatable bonds is 6. The first kappa shape index (κ1) is 20.2. The summed E-state index contributed by atoms with van der Waals surface area (Å²) in [6.45, 7) is 4.63. The summed E-state index contributed by atoms with van der Waals surface area (Å²) in [7, 11) is 1.65. The van der Waals surface area contributed by atoms with Crippen LogP contribution in [0.2, 0.25) is 0 Å². The molecule has 30 heavy (non-hydrogen) atoms. The van der Waals surface area contributed by atoms with Gasteiger partial charge < -0.3 is 14.2 Å². The molecule has 1 saturated heterocycles. The van der Waals surface area contributed by atoms with E-state index in [0.29, 0.717) is 12.3 Å². The third kappa shape index (κ3) is 4.56. The van der Waals surface area contributed by atoms with Crippen molar-refractivity contribution in [1.82, 2.24) is 14.5 Å². The van der Waals surface area contributed by atoms with Crippen molar-refractivity contribution < 1.29 is 9.53 Å². The number of benzene rings is 2. The first-order valence-corrected chi connectivity index (χ1v) is 10.6. The van der Waals surface area contributed by atoms with Crippen LogP contribution in [0.1, 0.15) is 24.1 Å². The summed E-state index contributed by atoms with van der Waals surface area (Å²) in [5, 5.41) is 0. The lowest BCUT2D eigenvalue weighted by Crippen LogP contribution is -2.42. The van der Waals surface area contributed by atoms with Crippen LogP contribution in [0.3, 0.4) is 0 Å². The van der Waals surface area contributed by atoms with Gasteiger partial charge >= 0.3 is 0 Å². The summed E-state index contributed by atoms with van der Waals surface area (Å²) in [6, 6.07) is 18.1. The van der Waals surface area contributed by atoms with Crippen LogP contribution >= 0.6 is 0 Å². The fraction of sp³-hybridized carbons (Fsp3) is 0.360. The molecular formula is C25H29N3O2. The van der Waals surface area contributed by atoms with Crippen LogP contribution in [-0.4, -0.2) is 40.6 Å². The number of piperidine rings is 1. The zero-order chi connectivity index (χ0) is 20.9. The number of amides is 1. The molecule has 4 rings (SSSR count). The average molecular weight is 404 g/mol. The zero-order valence-electron chi connectivity index (χ0n) is 17.8. The second-order valence-corrected chi connectivity index (χ2v) is 8.08. The van der Waals surface area contributed by atoms with Gasteiger partial charge in [-0.2, -0.15) is 0 Å². The molecule has 5 nitrogen and oxygen atoms in total. The lowest BCUT2D eigenvalue weighted by Gasteiger charge is -2.33. The number of aromatic nitrogens is 2. The number of likely N-dealkylation sites (tertiary alicyclic amines) is 1. The van der Waals surface area contributed by atoms with Crippen molar-refractivity contribution in [2.45, 2.75) is 32.7 Å². The number of nitrogens with zero attached hydrogens (tertiary/aromatic N) is 3. The SMILES string of the molecule is COc1cccc(CC(=O)N2CCCC(Cn3c(C)cnc3-c3ccccc3)C2)c1. The third-order valence-corrected chi connectivity index (χ3v) is 5.89. The van der Waals surface area contributed by atoms with Gasteiger partial charge in [0.15, 0.2) is 0 Å². The molecule has 1 aromatic heterocycles. The molecule has 1 atom stereocenters. The van der Waals surface area contributed by atoms with Gasteiger partial charge in [-0.15, -0.1) is 0 Å². The number of aryl methyl sites for hydroxylation is 1. The van der Waals surface area contributed by atoms with E-state index in [-0.39, 0.29) is 5.91 Å². The van der Waals surface area contributed by atoms with E-state index in [2.05, 4.69) is 28.6 Å². The van der Waals surface area contributed by atoms with Gasteiger partial charge in [-0.25, -0.2) is 4.98 Å². The number of ether oxygens (including phenoxy) is 1. The smallest absolute Gasteiger partial charge is 0.227 e. The Labute approximate surface area is 178 Å². The maximum absolute atomic E-state index is 12.9. The van der Waals surface area contributed by atoms with Crippen LogP contribution in [-0.2, 0) is 17.8 Å². The molecule has 2 aromatic carbocycles. The van der Waals surface area contributed by atoms with Crippen molar-refractivity contribution >= 4 is 5.91 Å². The molecule has 0 saturated carbocycles. The van der Waals surface area contributed by atoms with Crippen molar-refractivity contribution in [2.24, 2.45) is 5.92 Å². The lowest BCUT2D eigenvalue weighted by molar-refractivity contribution is -0.132. The molecule has 1 fully saturated rings. The summed E-state index contributed by atoms with van der Waals surface area (Å²) in [4.78, 5) is 19.6. The Kier molecular flexibility index (Phi) is 6.17. The number of carbonyl (C=O) groups is 1. The standard InChI is InChI=1S/C25H29N3O2/c1-19-16-26-25(22-10-4-3-5-11-22)28(19)18-21-9-7-13-27(17-21)24(29)15-20-8-6-12-23(14-20)30-2/h3-6,8,10-12,14,16,21H,7,9,13,15,17-18H2,1-2H3. The van der Waals surface area contributed by atoms with Crippen LogP contribution < -0.4 is 4.74 Å². The molecular weight excluding hydrogens is 374 g/mol. The van der Waals surface area contributed by atoms with E-state index in [4.69, 9.17) is 4.74 Å². The van der Waals surface area contributed by atoms with E-state index in [9.17, 15) is 4.79 Å². The Hall–Kier alpha value is -3.08. The maximum Gasteiger partial charge on any atom is 0.227 e. The summed E-state index contributed by atoms with van der Waals surface area (Å²) in [6.07, 6.45) is 4.54. The monoisotopic (exact) mass is 403 g/mol. The fourth-order valence-corrected chi connectivity index (χ4v) is 4.28. The van der Waals surface area contributed by atoms with Gasteiger partial charge in [0.1, 0.15) is 11.6 Å². The van der Waals surface area contributed by atoms with E-state index in [1.54, 1.807) is 7.11 Å². The largest absolute Gasteiger partial charge is 0.497 e. The predicted molar refractivity (Wildman–Crippen MR) is 118 cm³/mol. The van der Waals surface area contributed by atoms with E-state index in [1.165, 1.54) is 0 Å². The Morgan fingerprint density at radius 3 is 2.80 bits per heavy atom. The van der Waals surface area contributed by atoms with Gasteiger partial charge in [0.05, 0.1) is 13.5 Å². The third-order valence-electron chi connectivity index (χ3n) is 5.89. The van der Waals surface area contributed by atoms with E-state index in [0.717, 1.165) is 60.9 Å². The highest BCUT2D eigenvalue weighted by Crippen LogP contribution is 2.25. The topological polar surface area (TPSA) is 47.4 Å². The Bertz CT molecular complexity index is 997. The van der Waals surface area contributed by atoms with Crippen LogP contribution in [0.5, 0.6) is 5.75 Å². The molecule has 1 aliphatic heterocycles. The van der Waals surface area contributed by atoms with Crippen molar-refractivity contribution in [3.63, 3.8) is 0 Å². The predicted octanol–water partition coefficient (Wildman–Crippen LogP) is 4.35. The van der Waals surface area contributed by atoms with Gasteiger partial charge in [-0.3, -0.25) is 4.79 Å². The van der Waals surface area contributed by atoms with E-state index < -0.39 is 0 Å². The average Bonchev–Trinajstić information content (AvgIpc) is 3.14. The van der Waals surface area contributed by atoms with Crippen LogP contribution in [0.15, 0.2) is 60.8 Å². The molecule has 3 aromatic rings. The van der Waals surface area contributed by atoms with Crippen molar-refractivity contribution in [2.75, 3.05) is 20.2 Å². The van der Waals surface area contributed by atoms with Gasteiger partial charge in [0, 0.05) is 37.1 Å². The molecule has 156 valence electrons. The molecule has 0 bridgehead atoms. The molecule has 1 amide bonds. The summed E-state index contributed by atoms with van der Waals surface area (Å²) in [5.74, 6) is 2.43. The highest BCUT2D eigenvalue weighted by Gasteiger charge is 2.25. The molecule has 1 aliphatic rings. The fourth-order valence-electron chi connectivity index (χ4n) is 4.28. The minimum atomic E-state index is 0.193. The van der Waals surface area contributed by atoms with Gasteiger partial charge in [-0.05, 0) is 43.4 Å². The normalized spacial score (nSPS) is 16.5. The van der Waals surface area contributed by atoms with Crippen LogP contribution in [0, 0.1) is 12.8 Å². The van der Waals surface area contributed by atoms with Crippen molar-refractivity contribution in [3.05, 3.63) is 72.1 Å². The summed E-state index contributed by atoms with van der Waals surface area (Å²) in [5.41, 5.74) is 3.29. The van der Waals surface area contributed by atoms with Crippen LogP contribution in [0.4, 0.5) is 0 Å². The highest BCUT2D eigenvalue weighted by molar-refractivity contribution is 5.79. The van der Waals surface area contributed by atoms with Crippen molar-refractivity contribution in [3.8, 4) is 17.1 Å². The molecule has 0 spiro atoms. The molecule has 0 aliphatic carbocycles. The van der Waals surface area contributed by atoms with Gasteiger partial charge in [0.2, 0.25) is 5.91 Å². The Morgan fingerprint density at radius 1 is 1.17 bits per heavy atom. The second-order valence-electron chi connectivity index (χ2n) is 8.08. The number of methoxy groups -OCH3 is 1. The number of carbonyl (C=O) groups excluding carboxylic acids is 1. The molecule has 0 N–H and O–H groups in total. The molecule has 2 heterocycles. The van der Waals surface area contributed by atoms with Gasteiger partial charge in [0.25, 0.3) is 0 Å². The number of hydrogen-bond acceptors (Lipinski definition) is 3. The maximum atomic E-state index is 12.9. The highest BCUT2D eigenvalue weighted by atomic mass is 16.5. The van der Waals surface area contributed by atoms with E-state index >= 15 is 0 Å². The Morgan fingerprint density at radius 2 is 2.00 bits per heavy atom. The first-order chi connectivity index (χ1) is 14.6. The number of hydrogen-bond donors (Lipinski definition) is 0. The van der Waals surface area contributed by atoms with E-state index in [1.807, 2.05) is 53.6 Å². The summed E-state index contributed by atoms with van der Waals surface area (Å²) >= 11 is 0. The zero-order valence-corrected chi connectivity index (χ0v) is 17.8. The number of imidazole rings is 1. The molecule has 1 unspecified atom stereocenters.